The van der Waals surface area contributed by atoms with E-state index in [1.807, 2.05) is 24.3 Å². The Hall–Kier alpha value is -2.10. The van der Waals surface area contributed by atoms with Crippen molar-refractivity contribution in [3.05, 3.63) is 75.9 Å². The van der Waals surface area contributed by atoms with Gasteiger partial charge in [-0.1, -0.05) is 41.9 Å². The van der Waals surface area contributed by atoms with E-state index in [-0.39, 0.29) is 0 Å². The Morgan fingerprint density at radius 2 is 1.79 bits per heavy atom. The molecular formula is C20H17ClN2S. The number of aromatic nitrogens is 2. The number of fused-ring (bicyclic) bond motifs is 1. The smallest absolute Gasteiger partial charge is 0.123 e. The lowest BCUT2D eigenvalue weighted by Crippen LogP contribution is -2.03. The number of hydrogen-bond donors (Lipinski definition) is 0. The van der Waals surface area contributed by atoms with Gasteiger partial charge in [0, 0.05) is 26.7 Å². The van der Waals surface area contributed by atoms with Gasteiger partial charge >= 0.3 is 0 Å². The van der Waals surface area contributed by atoms with Crippen LogP contribution in [0, 0.1) is 13.8 Å². The highest BCUT2D eigenvalue weighted by atomic mass is 35.5. The third kappa shape index (κ3) is 2.74. The van der Waals surface area contributed by atoms with E-state index in [9.17, 15) is 0 Å². The number of aryl methyl sites for hydroxylation is 2. The maximum absolute atomic E-state index is 5.98. The molecule has 0 saturated carbocycles. The number of nitrogens with zero attached hydrogens (tertiary/aromatic N) is 2. The molecular weight excluding hydrogens is 336 g/mol. The molecule has 0 aliphatic rings. The standard InChI is InChI=1S/C20H17ClN2S/c1-13-11-16-5-3-4-6-19(16)23(13)12-18-14(2)24-20(22-18)15-7-9-17(21)10-8-15/h3-11H,12H2,1-2H3. The summed E-state index contributed by atoms with van der Waals surface area (Å²) in [6.07, 6.45) is 0. The van der Waals surface area contributed by atoms with E-state index in [2.05, 4.69) is 48.7 Å². The van der Waals surface area contributed by atoms with Crippen LogP contribution >= 0.6 is 22.9 Å². The molecule has 120 valence electrons. The van der Waals surface area contributed by atoms with Gasteiger partial charge in [-0.05, 0) is 43.5 Å². The van der Waals surface area contributed by atoms with Gasteiger partial charge in [0.1, 0.15) is 5.01 Å². The van der Waals surface area contributed by atoms with Gasteiger partial charge in [0.2, 0.25) is 0 Å². The Kier molecular flexibility index (Phi) is 3.91. The normalized spacial score (nSPS) is 11.3. The first-order chi connectivity index (χ1) is 11.6. The third-order valence-corrected chi connectivity index (χ3v) is 5.62. The highest BCUT2D eigenvalue weighted by molar-refractivity contribution is 7.15. The third-order valence-electron chi connectivity index (χ3n) is 4.31. The molecule has 2 nitrogen and oxygen atoms in total. The summed E-state index contributed by atoms with van der Waals surface area (Å²) in [5.74, 6) is 0. The second kappa shape index (κ2) is 6.08. The van der Waals surface area contributed by atoms with Gasteiger partial charge in [0.25, 0.3) is 0 Å². The van der Waals surface area contributed by atoms with Crippen molar-refractivity contribution in [1.82, 2.24) is 9.55 Å². The topological polar surface area (TPSA) is 17.8 Å². The molecule has 0 radical (unpaired) electrons. The second-order valence-corrected chi connectivity index (χ2v) is 7.60. The van der Waals surface area contributed by atoms with Crippen LogP contribution in [0.15, 0.2) is 54.6 Å². The molecule has 2 aromatic heterocycles. The fourth-order valence-corrected chi connectivity index (χ4v) is 4.05. The van der Waals surface area contributed by atoms with Gasteiger partial charge in [-0.25, -0.2) is 4.98 Å². The molecule has 0 saturated heterocycles. The van der Waals surface area contributed by atoms with E-state index in [1.54, 1.807) is 11.3 Å². The van der Waals surface area contributed by atoms with Crippen molar-refractivity contribution in [2.24, 2.45) is 0 Å². The van der Waals surface area contributed by atoms with Gasteiger partial charge in [0.15, 0.2) is 0 Å². The molecule has 2 heterocycles. The van der Waals surface area contributed by atoms with Crippen molar-refractivity contribution in [2.45, 2.75) is 20.4 Å². The molecule has 0 spiro atoms. The predicted octanol–water partition coefficient (Wildman–Crippen LogP) is 6.08. The zero-order chi connectivity index (χ0) is 16.7. The Morgan fingerprint density at radius 3 is 2.58 bits per heavy atom. The van der Waals surface area contributed by atoms with Crippen molar-refractivity contribution in [3.8, 4) is 10.6 Å². The minimum Gasteiger partial charge on any atom is -0.339 e. The Bertz CT molecular complexity index is 1010. The van der Waals surface area contributed by atoms with Gasteiger partial charge in [-0.3, -0.25) is 0 Å². The maximum atomic E-state index is 5.98. The molecule has 0 amide bonds. The van der Waals surface area contributed by atoms with E-state index in [1.165, 1.54) is 21.5 Å². The van der Waals surface area contributed by atoms with Crippen LogP contribution in [-0.2, 0) is 6.54 Å². The van der Waals surface area contributed by atoms with Crippen molar-refractivity contribution in [2.75, 3.05) is 0 Å². The molecule has 2 aromatic carbocycles. The summed E-state index contributed by atoms with van der Waals surface area (Å²) in [6, 6.07) is 18.6. The van der Waals surface area contributed by atoms with Crippen LogP contribution in [0.1, 0.15) is 16.3 Å². The first-order valence-electron chi connectivity index (χ1n) is 7.89. The lowest BCUT2D eigenvalue weighted by Gasteiger charge is -2.07. The lowest BCUT2D eigenvalue weighted by atomic mass is 10.2. The first-order valence-corrected chi connectivity index (χ1v) is 9.08. The fraction of sp³-hybridized carbons (Fsp3) is 0.150. The van der Waals surface area contributed by atoms with Crippen molar-refractivity contribution in [1.29, 1.82) is 0 Å². The minimum atomic E-state index is 0.752. The Balaban J connectivity index is 1.72. The van der Waals surface area contributed by atoms with E-state index in [0.29, 0.717) is 0 Å². The summed E-state index contributed by atoms with van der Waals surface area (Å²) in [5.41, 5.74) is 4.77. The van der Waals surface area contributed by atoms with Crippen LogP contribution in [-0.4, -0.2) is 9.55 Å². The number of benzene rings is 2. The zero-order valence-electron chi connectivity index (χ0n) is 13.6. The molecule has 4 rings (SSSR count). The number of halogens is 1. The van der Waals surface area contributed by atoms with Crippen LogP contribution in [0.2, 0.25) is 5.02 Å². The van der Waals surface area contributed by atoms with Gasteiger partial charge in [-0.15, -0.1) is 11.3 Å². The van der Waals surface area contributed by atoms with Gasteiger partial charge in [0.05, 0.1) is 12.2 Å². The Morgan fingerprint density at radius 1 is 1.04 bits per heavy atom. The fourth-order valence-electron chi connectivity index (χ4n) is 3.00. The number of rotatable bonds is 3. The van der Waals surface area contributed by atoms with Gasteiger partial charge < -0.3 is 4.57 Å². The molecule has 0 aliphatic carbocycles. The van der Waals surface area contributed by atoms with Crippen LogP contribution in [0.4, 0.5) is 0 Å². The molecule has 0 aliphatic heterocycles. The quantitative estimate of drug-likeness (QED) is 0.436. The minimum absolute atomic E-state index is 0.752. The van der Waals surface area contributed by atoms with Crippen molar-refractivity contribution in [3.63, 3.8) is 0 Å². The van der Waals surface area contributed by atoms with Crippen molar-refractivity contribution >= 4 is 33.8 Å². The van der Waals surface area contributed by atoms with E-state index in [0.717, 1.165) is 27.8 Å². The average molecular weight is 353 g/mol. The Labute approximate surface area is 150 Å². The largest absolute Gasteiger partial charge is 0.339 e. The van der Waals surface area contributed by atoms with Crippen LogP contribution in [0.25, 0.3) is 21.5 Å². The van der Waals surface area contributed by atoms with E-state index in [4.69, 9.17) is 16.6 Å². The lowest BCUT2D eigenvalue weighted by molar-refractivity contribution is 0.782. The number of thiazole rings is 1. The number of hydrogen-bond acceptors (Lipinski definition) is 2. The van der Waals surface area contributed by atoms with E-state index >= 15 is 0 Å². The molecule has 4 aromatic rings. The molecule has 0 unspecified atom stereocenters. The molecule has 0 fully saturated rings. The van der Waals surface area contributed by atoms with E-state index < -0.39 is 0 Å². The van der Waals surface area contributed by atoms with Gasteiger partial charge in [-0.2, -0.15) is 0 Å². The molecule has 0 N–H and O–H groups in total. The summed E-state index contributed by atoms with van der Waals surface area (Å²) in [6.45, 7) is 5.10. The van der Waals surface area contributed by atoms with Crippen LogP contribution in [0.5, 0.6) is 0 Å². The maximum Gasteiger partial charge on any atom is 0.123 e. The average Bonchev–Trinajstić information content (AvgIpc) is 3.09. The summed E-state index contributed by atoms with van der Waals surface area (Å²) in [7, 11) is 0. The van der Waals surface area contributed by atoms with Crippen LogP contribution < -0.4 is 0 Å². The molecule has 0 atom stereocenters. The summed E-state index contributed by atoms with van der Waals surface area (Å²) < 4.78 is 2.34. The SMILES string of the molecule is Cc1sc(-c2ccc(Cl)cc2)nc1Cn1c(C)cc2ccccc21. The monoisotopic (exact) mass is 352 g/mol. The summed E-state index contributed by atoms with van der Waals surface area (Å²) in [4.78, 5) is 6.15. The molecule has 24 heavy (non-hydrogen) atoms. The highest BCUT2D eigenvalue weighted by Crippen LogP contribution is 2.30. The van der Waals surface area contributed by atoms with Crippen molar-refractivity contribution < 1.29 is 0 Å². The summed E-state index contributed by atoms with van der Waals surface area (Å²) >= 11 is 7.72. The summed E-state index contributed by atoms with van der Waals surface area (Å²) in [5, 5.41) is 3.08. The molecule has 0 bridgehead atoms. The first kappa shape index (κ1) is 15.4. The van der Waals surface area contributed by atoms with Crippen LogP contribution in [0.3, 0.4) is 0 Å². The zero-order valence-corrected chi connectivity index (χ0v) is 15.2. The second-order valence-electron chi connectivity index (χ2n) is 5.96. The number of para-hydroxylation sites is 1. The molecule has 4 heteroatoms. The predicted molar refractivity (Wildman–Crippen MR) is 103 cm³/mol. The highest BCUT2D eigenvalue weighted by Gasteiger charge is 2.12.